The molecule has 1 N–H and O–H groups in total. The summed E-state index contributed by atoms with van der Waals surface area (Å²) in [5, 5.41) is 2.80. The average Bonchev–Trinajstić information content (AvgIpc) is 2.75. The van der Waals surface area contributed by atoms with Crippen molar-refractivity contribution in [3.05, 3.63) is 35.6 Å². The van der Waals surface area contributed by atoms with Gasteiger partial charge in [-0.25, -0.2) is 4.39 Å². The fourth-order valence-electron chi connectivity index (χ4n) is 1.84. The van der Waals surface area contributed by atoms with Gasteiger partial charge < -0.3 is 10.2 Å². The van der Waals surface area contributed by atoms with E-state index >= 15 is 0 Å². The van der Waals surface area contributed by atoms with Gasteiger partial charge in [-0.1, -0.05) is 12.1 Å². The molecule has 0 saturated carbocycles. The largest absolute Gasteiger partial charge is 0.348 e. The quantitative estimate of drug-likeness (QED) is 0.911. The zero-order chi connectivity index (χ0) is 13.8. The zero-order valence-electron chi connectivity index (χ0n) is 10.6. The molecule has 0 spiro atoms. The van der Waals surface area contributed by atoms with Gasteiger partial charge in [0.1, 0.15) is 12.4 Å². The summed E-state index contributed by atoms with van der Waals surface area (Å²) in [4.78, 5) is 24.7. The number of benzene rings is 1. The van der Waals surface area contributed by atoms with Crippen LogP contribution in [-0.4, -0.2) is 34.9 Å². The number of carbonyl (C=O) groups excluding carboxylic acids is 2. The van der Waals surface area contributed by atoms with E-state index in [1.54, 1.807) is 12.1 Å². The molecule has 0 radical (unpaired) electrons. The number of nitrogens with one attached hydrogen (secondary N) is 1. The lowest BCUT2D eigenvalue weighted by Gasteiger charge is -2.18. The third-order valence-electron chi connectivity index (χ3n) is 2.91. The Balaban J connectivity index is 1.87. The van der Waals surface area contributed by atoms with Gasteiger partial charge in [0, 0.05) is 0 Å². The van der Waals surface area contributed by atoms with E-state index in [1.165, 1.54) is 28.8 Å². The molecule has 1 aromatic carbocycles. The Labute approximate surface area is 115 Å². The minimum Gasteiger partial charge on any atom is -0.348 e. The lowest BCUT2D eigenvalue weighted by atomic mass is 10.1. The van der Waals surface area contributed by atoms with E-state index in [1.807, 2.05) is 6.92 Å². The Hall–Kier alpha value is -1.56. The Morgan fingerprint density at radius 1 is 1.47 bits per heavy atom. The highest BCUT2D eigenvalue weighted by molar-refractivity contribution is 8.00. The predicted octanol–water partition coefficient (Wildman–Crippen LogP) is 1.54. The van der Waals surface area contributed by atoms with E-state index in [0.29, 0.717) is 11.6 Å². The summed E-state index contributed by atoms with van der Waals surface area (Å²) in [7, 11) is 0. The van der Waals surface area contributed by atoms with Crippen molar-refractivity contribution in [2.45, 2.75) is 13.0 Å². The summed E-state index contributed by atoms with van der Waals surface area (Å²) < 4.78 is 12.8. The van der Waals surface area contributed by atoms with Gasteiger partial charge in [-0.3, -0.25) is 9.59 Å². The number of carbonyl (C=O) groups is 2. The van der Waals surface area contributed by atoms with Crippen molar-refractivity contribution in [1.29, 1.82) is 0 Å². The molecule has 1 atom stereocenters. The summed E-state index contributed by atoms with van der Waals surface area (Å²) in [5.74, 6) is 0.502. The van der Waals surface area contributed by atoms with Gasteiger partial charge in [-0.05, 0) is 24.6 Å². The SMILES string of the molecule is C[C@@H](NC(=O)CN1CSCC1=O)c1ccc(F)cc1. The first-order chi connectivity index (χ1) is 9.06. The van der Waals surface area contributed by atoms with Crippen LogP contribution in [0.5, 0.6) is 0 Å². The first kappa shape index (κ1) is 13.9. The Bertz CT molecular complexity index is 478. The fourth-order valence-corrected chi connectivity index (χ4v) is 2.74. The molecular weight excluding hydrogens is 267 g/mol. The molecule has 1 fully saturated rings. The maximum absolute atomic E-state index is 12.8. The monoisotopic (exact) mass is 282 g/mol. The van der Waals surface area contributed by atoms with Gasteiger partial charge >= 0.3 is 0 Å². The van der Waals surface area contributed by atoms with Crippen LogP contribution < -0.4 is 5.32 Å². The van der Waals surface area contributed by atoms with Crippen molar-refractivity contribution < 1.29 is 14.0 Å². The van der Waals surface area contributed by atoms with Crippen molar-refractivity contribution in [2.75, 3.05) is 18.2 Å². The highest BCUT2D eigenvalue weighted by atomic mass is 32.2. The van der Waals surface area contributed by atoms with Crippen LogP contribution in [0.15, 0.2) is 24.3 Å². The Morgan fingerprint density at radius 2 is 2.16 bits per heavy atom. The summed E-state index contributed by atoms with van der Waals surface area (Å²) in [6.45, 7) is 1.91. The Morgan fingerprint density at radius 3 is 2.74 bits per heavy atom. The molecule has 4 nitrogen and oxygen atoms in total. The van der Waals surface area contributed by atoms with Crippen molar-refractivity contribution >= 4 is 23.6 Å². The maximum atomic E-state index is 12.8. The average molecular weight is 282 g/mol. The van der Waals surface area contributed by atoms with E-state index < -0.39 is 0 Å². The standard InChI is InChI=1S/C13H15FN2O2S/c1-9(10-2-4-11(14)5-3-10)15-12(17)6-16-8-19-7-13(16)18/h2-5,9H,6-8H2,1H3,(H,15,17)/t9-/m1/s1. The number of amides is 2. The van der Waals surface area contributed by atoms with Gasteiger partial charge in [0.15, 0.2) is 0 Å². The third kappa shape index (κ3) is 3.70. The molecule has 0 aliphatic carbocycles. The molecule has 1 aliphatic heterocycles. The van der Waals surface area contributed by atoms with Gasteiger partial charge in [0.25, 0.3) is 0 Å². The summed E-state index contributed by atoms with van der Waals surface area (Å²) >= 11 is 1.50. The molecule has 0 bridgehead atoms. The fraction of sp³-hybridized carbons (Fsp3) is 0.385. The molecule has 6 heteroatoms. The minimum absolute atomic E-state index is 0.00501. The van der Waals surface area contributed by atoms with Crippen molar-refractivity contribution in [3.8, 4) is 0 Å². The molecular formula is C13H15FN2O2S. The third-order valence-corrected chi connectivity index (χ3v) is 3.85. The van der Waals surface area contributed by atoms with Gasteiger partial charge in [0.2, 0.25) is 11.8 Å². The van der Waals surface area contributed by atoms with Crippen LogP contribution in [0.2, 0.25) is 0 Å². The van der Waals surface area contributed by atoms with Crippen LogP contribution in [0.1, 0.15) is 18.5 Å². The van der Waals surface area contributed by atoms with Gasteiger partial charge in [-0.15, -0.1) is 11.8 Å². The van der Waals surface area contributed by atoms with Crippen molar-refractivity contribution in [3.63, 3.8) is 0 Å². The first-order valence-electron chi connectivity index (χ1n) is 5.96. The zero-order valence-corrected chi connectivity index (χ0v) is 11.4. The molecule has 102 valence electrons. The second-order valence-corrected chi connectivity index (χ2v) is 5.37. The highest BCUT2D eigenvalue weighted by Gasteiger charge is 2.23. The summed E-state index contributed by atoms with van der Waals surface area (Å²) in [6, 6.07) is 5.78. The number of hydrogen-bond donors (Lipinski definition) is 1. The van der Waals surface area contributed by atoms with Gasteiger partial charge in [-0.2, -0.15) is 0 Å². The van der Waals surface area contributed by atoms with Crippen LogP contribution in [0, 0.1) is 5.82 Å². The number of halogens is 1. The molecule has 0 unspecified atom stereocenters. The molecule has 2 amide bonds. The lowest BCUT2D eigenvalue weighted by Crippen LogP contribution is -2.39. The Kier molecular flexibility index (Phi) is 4.42. The molecule has 19 heavy (non-hydrogen) atoms. The summed E-state index contributed by atoms with van der Waals surface area (Å²) in [5.41, 5.74) is 0.830. The molecule has 1 aliphatic rings. The van der Waals surface area contributed by atoms with Gasteiger partial charge in [0.05, 0.1) is 17.7 Å². The second kappa shape index (κ2) is 6.06. The highest BCUT2D eigenvalue weighted by Crippen LogP contribution is 2.15. The van der Waals surface area contributed by atoms with Crippen LogP contribution in [0.3, 0.4) is 0 Å². The van der Waals surface area contributed by atoms with E-state index in [4.69, 9.17) is 0 Å². The van der Waals surface area contributed by atoms with Crippen LogP contribution in [0.25, 0.3) is 0 Å². The molecule has 0 aromatic heterocycles. The predicted molar refractivity (Wildman–Crippen MR) is 72.0 cm³/mol. The van der Waals surface area contributed by atoms with E-state index in [-0.39, 0.29) is 30.2 Å². The summed E-state index contributed by atoms with van der Waals surface area (Å²) in [6.07, 6.45) is 0. The van der Waals surface area contributed by atoms with Crippen molar-refractivity contribution in [1.82, 2.24) is 10.2 Å². The number of thioether (sulfide) groups is 1. The second-order valence-electron chi connectivity index (χ2n) is 4.41. The maximum Gasteiger partial charge on any atom is 0.240 e. The van der Waals surface area contributed by atoms with E-state index in [0.717, 1.165) is 5.56 Å². The number of rotatable bonds is 4. The molecule has 1 saturated heterocycles. The normalized spacial score (nSPS) is 16.5. The minimum atomic E-state index is -0.304. The lowest BCUT2D eigenvalue weighted by molar-refractivity contribution is -0.132. The molecule has 2 rings (SSSR count). The molecule has 1 aromatic rings. The van der Waals surface area contributed by atoms with Crippen LogP contribution >= 0.6 is 11.8 Å². The first-order valence-corrected chi connectivity index (χ1v) is 7.12. The van der Waals surface area contributed by atoms with Crippen LogP contribution in [0.4, 0.5) is 4.39 Å². The number of hydrogen-bond acceptors (Lipinski definition) is 3. The topological polar surface area (TPSA) is 49.4 Å². The van der Waals surface area contributed by atoms with E-state index in [9.17, 15) is 14.0 Å². The molecule has 1 heterocycles. The smallest absolute Gasteiger partial charge is 0.240 e. The number of nitrogens with zero attached hydrogens (tertiary/aromatic N) is 1. The van der Waals surface area contributed by atoms with Crippen LogP contribution in [-0.2, 0) is 9.59 Å². The van der Waals surface area contributed by atoms with Crippen molar-refractivity contribution in [2.24, 2.45) is 0 Å². The van der Waals surface area contributed by atoms with E-state index in [2.05, 4.69) is 5.32 Å².